The van der Waals surface area contributed by atoms with Gasteiger partial charge >= 0.3 is 0 Å². The molecule has 1 N–H and O–H groups in total. The fourth-order valence-electron chi connectivity index (χ4n) is 3.38. The van der Waals surface area contributed by atoms with Gasteiger partial charge in [-0.15, -0.1) is 0 Å². The van der Waals surface area contributed by atoms with E-state index in [1.54, 1.807) is 0 Å². The van der Waals surface area contributed by atoms with Gasteiger partial charge in [0.15, 0.2) is 0 Å². The first-order valence-corrected chi connectivity index (χ1v) is 7.07. The molecule has 2 atom stereocenters. The van der Waals surface area contributed by atoms with Crippen LogP contribution in [-0.2, 0) is 0 Å². The fraction of sp³-hybridized carbons (Fsp3) is 1.00. The maximum Gasteiger partial charge on any atom is 0.0118 e. The molecule has 0 aromatic rings. The second-order valence-corrected chi connectivity index (χ2v) is 6.39. The van der Waals surface area contributed by atoms with Crippen LogP contribution in [0.2, 0.25) is 0 Å². The maximum absolute atomic E-state index is 3.83. The van der Waals surface area contributed by atoms with Crippen molar-refractivity contribution in [3.8, 4) is 0 Å². The van der Waals surface area contributed by atoms with E-state index in [0.717, 1.165) is 12.0 Å². The van der Waals surface area contributed by atoms with Crippen LogP contribution in [-0.4, -0.2) is 37.1 Å². The minimum absolute atomic E-state index is 0.531. The Bertz CT molecular complexity index is 225. The lowest BCUT2D eigenvalue weighted by molar-refractivity contribution is 0.267. The quantitative estimate of drug-likeness (QED) is 0.789. The van der Waals surface area contributed by atoms with E-state index < -0.39 is 0 Å². The number of nitrogens with one attached hydrogen (secondary N) is 1. The number of likely N-dealkylation sites (tertiary alicyclic amines) is 1. The van der Waals surface area contributed by atoms with Crippen molar-refractivity contribution in [1.82, 2.24) is 10.2 Å². The Balaban J connectivity index is 1.72. The van der Waals surface area contributed by atoms with Crippen molar-refractivity contribution in [1.29, 1.82) is 0 Å². The smallest absolute Gasteiger partial charge is 0.0118 e. The van der Waals surface area contributed by atoms with Crippen molar-refractivity contribution < 1.29 is 0 Å². The van der Waals surface area contributed by atoms with Gasteiger partial charge in [0.2, 0.25) is 0 Å². The van der Waals surface area contributed by atoms with Crippen LogP contribution in [0.15, 0.2) is 0 Å². The largest absolute Gasteiger partial charge is 0.313 e. The summed E-state index contributed by atoms with van der Waals surface area (Å²) in [6.07, 6.45) is 5.60. The predicted molar refractivity (Wildman–Crippen MR) is 69.6 cm³/mol. The van der Waals surface area contributed by atoms with Gasteiger partial charge in [-0.3, -0.25) is 0 Å². The van der Waals surface area contributed by atoms with Gasteiger partial charge in [0.25, 0.3) is 0 Å². The van der Waals surface area contributed by atoms with Gasteiger partial charge in [0.05, 0.1) is 0 Å². The number of hydrogen-bond donors (Lipinski definition) is 1. The van der Waals surface area contributed by atoms with Crippen molar-refractivity contribution in [2.45, 2.75) is 52.5 Å². The average molecular weight is 224 g/mol. The Labute approximate surface area is 101 Å². The lowest BCUT2D eigenvalue weighted by atomic mass is 9.87. The number of hydrogen-bond acceptors (Lipinski definition) is 2. The Morgan fingerprint density at radius 2 is 2.12 bits per heavy atom. The van der Waals surface area contributed by atoms with Gasteiger partial charge in [-0.25, -0.2) is 0 Å². The van der Waals surface area contributed by atoms with Crippen molar-refractivity contribution in [2.24, 2.45) is 11.3 Å². The van der Waals surface area contributed by atoms with E-state index in [9.17, 15) is 0 Å². The molecular formula is C14H28N2. The molecule has 16 heavy (non-hydrogen) atoms. The third-order valence-electron chi connectivity index (χ3n) is 4.73. The van der Waals surface area contributed by atoms with Crippen LogP contribution in [0.3, 0.4) is 0 Å². The summed E-state index contributed by atoms with van der Waals surface area (Å²) < 4.78 is 0. The van der Waals surface area contributed by atoms with Crippen LogP contribution < -0.4 is 5.32 Å². The monoisotopic (exact) mass is 224 g/mol. The molecule has 2 aliphatic rings. The lowest BCUT2D eigenvalue weighted by Gasteiger charge is -2.29. The number of rotatable bonds is 4. The predicted octanol–water partition coefficient (Wildman–Crippen LogP) is 2.50. The van der Waals surface area contributed by atoms with Crippen LogP contribution in [0.25, 0.3) is 0 Å². The minimum Gasteiger partial charge on any atom is -0.313 e. The summed E-state index contributed by atoms with van der Waals surface area (Å²) in [5.74, 6) is 0.899. The Hall–Kier alpha value is -0.0800. The topological polar surface area (TPSA) is 15.3 Å². The standard InChI is InChI=1S/C14H28N2/c1-4-16-9-7-12(11-16)10-15-13-6-5-8-14(13,2)3/h12-13,15H,4-11H2,1-3H3. The van der Waals surface area contributed by atoms with Crippen LogP contribution in [0, 0.1) is 11.3 Å². The Morgan fingerprint density at radius 3 is 2.69 bits per heavy atom. The van der Waals surface area contributed by atoms with E-state index in [2.05, 4.69) is 31.0 Å². The fourth-order valence-corrected chi connectivity index (χ4v) is 3.38. The molecule has 0 radical (unpaired) electrons. The molecule has 0 aromatic heterocycles. The molecule has 0 aromatic carbocycles. The lowest BCUT2D eigenvalue weighted by Crippen LogP contribution is -2.40. The molecule has 2 fully saturated rings. The second-order valence-electron chi connectivity index (χ2n) is 6.39. The first-order chi connectivity index (χ1) is 7.62. The SMILES string of the molecule is CCN1CCC(CNC2CCCC2(C)C)C1. The van der Waals surface area contributed by atoms with E-state index in [-0.39, 0.29) is 0 Å². The molecule has 2 nitrogen and oxygen atoms in total. The summed E-state index contributed by atoms with van der Waals surface area (Å²) in [5.41, 5.74) is 0.531. The highest BCUT2D eigenvalue weighted by Crippen LogP contribution is 2.37. The van der Waals surface area contributed by atoms with Gasteiger partial charge in [0.1, 0.15) is 0 Å². The van der Waals surface area contributed by atoms with Crippen molar-refractivity contribution in [3.05, 3.63) is 0 Å². The Kier molecular flexibility index (Phi) is 3.91. The highest BCUT2D eigenvalue weighted by molar-refractivity contribution is 4.91. The first-order valence-electron chi connectivity index (χ1n) is 7.07. The van der Waals surface area contributed by atoms with Gasteiger partial charge < -0.3 is 10.2 Å². The Morgan fingerprint density at radius 1 is 1.31 bits per heavy atom. The summed E-state index contributed by atoms with van der Waals surface area (Å²) in [7, 11) is 0. The molecular weight excluding hydrogens is 196 g/mol. The molecule has 0 spiro atoms. The van der Waals surface area contributed by atoms with Crippen molar-refractivity contribution >= 4 is 0 Å². The molecule has 0 bridgehead atoms. The first kappa shape index (κ1) is 12.4. The maximum atomic E-state index is 3.83. The molecule has 1 heterocycles. The van der Waals surface area contributed by atoms with Crippen molar-refractivity contribution in [2.75, 3.05) is 26.2 Å². The second kappa shape index (κ2) is 5.05. The molecule has 1 saturated heterocycles. The molecule has 1 aliphatic heterocycles. The molecule has 1 aliphatic carbocycles. The zero-order valence-corrected chi connectivity index (χ0v) is 11.3. The molecule has 2 rings (SSSR count). The summed E-state index contributed by atoms with van der Waals surface area (Å²) in [6, 6.07) is 0.767. The third-order valence-corrected chi connectivity index (χ3v) is 4.73. The highest BCUT2D eigenvalue weighted by atomic mass is 15.1. The third kappa shape index (κ3) is 2.78. The summed E-state index contributed by atoms with van der Waals surface area (Å²) >= 11 is 0. The van der Waals surface area contributed by atoms with E-state index in [1.807, 2.05) is 0 Å². The minimum atomic E-state index is 0.531. The summed E-state index contributed by atoms with van der Waals surface area (Å²) in [5, 5.41) is 3.83. The van der Waals surface area contributed by atoms with Crippen LogP contribution in [0.5, 0.6) is 0 Å². The molecule has 1 saturated carbocycles. The van der Waals surface area contributed by atoms with Gasteiger partial charge in [-0.2, -0.15) is 0 Å². The normalized spacial score (nSPS) is 34.7. The van der Waals surface area contributed by atoms with Gasteiger partial charge in [0, 0.05) is 12.6 Å². The number of nitrogens with zero attached hydrogens (tertiary/aromatic N) is 1. The average Bonchev–Trinajstić information content (AvgIpc) is 2.81. The van der Waals surface area contributed by atoms with Crippen LogP contribution in [0.1, 0.15) is 46.5 Å². The van der Waals surface area contributed by atoms with E-state index in [1.165, 1.54) is 51.9 Å². The molecule has 94 valence electrons. The summed E-state index contributed by atoms with van der Waals surface area (Å²) in [4.78, 5) is 2.58. The van der Waals surface area contributed by atoms with E-state index >= 15 is 0 Å². The van der Waals surface area contributed by atoms with Gasteiger partial charge in [-0.1, -0.05) is 27.2 Å². The molecule has 0 amide bonds. The van der Waals surface area contributed by atoms with Crippen LogP contribution in [0.4, 0.5) is 0 Å². The zero-order chi connectivity index (χ0) is 11.6. The molecule has 2 heteroatoms. The van der Waals surface area contributed by atoms with Crippen LogP contribution >= 0.6 is 0 Å². The zero-order valence-electron chi connectivity index (χ0n) is 11.3. The van der Waals surface area contributed by atoms with E-state index in [4.69, 9.17) is 0 Å². The van der Waals surface area contributed by atoms with Crippen molar-refractivity contribution in [3.63, 3.8) is 0 Å². The van der Waals surface area contributed by atoms with E-state index in [0.29, 0.717) is 5.41 Å². The van der Waals surface area contributed by atoms with Gasteiger partial charge in [-0.05, 0) is 50.2 Å². The molecule has 2 unspecified atom stereocenters. The highest BCUT2D eigenvalue weighted by Gasteiger charge is 2.34. The summed E-state index contributed by atoms with van der Waals surface area (Å²) in [6.45, 7) is 12.2.